The molecule has 0 unspecified atom stereocenters. The van der Waals surface area contributed by atoms with Crippen molar-refractivity contribution in [2.75, 3.05) is 30.3 Å². The molecule has 1 aromatic heterocycles. The number of fused-ring (bicyclic) bond motifs is 2. The van der Waals surface area contributed by atoms with E-state index in [0.717, 1.165) is 28.5 Å². The van der Waals surface area contributed by atoms with Gasteiger partial charge in [-0.1, -0.05) is 12.1 Å². The Morgan fingerprint density at radius 1 is 1.32 bits per heavy atom. The number of nitrogens with zero attached hydrogens (tertiary/aromatic N) is 1. The van der Waals surface area contributed by atoms with Crippen LogP contribution in [0.25, 0.3) is 0 Å². The second-order valence-corrected chi connectivity index (χ2v) is 8.16. The fourth-order valence-electron chi connectivity index (χ4n) is 3.03. The molecule has 0 aliphatic carbocycles. The third-order valence-electron chi connectivity index (χ3n) is 4.28. The van der Waals surface area contributed by atoms with Crippen molar-refractivity contribution in [1.29, 1.82) is 0 Å². The topological polar surface area (TPSA) is 58.6 Å². The number of anilines is 1. The standard InChI is InChI=1S/C18H18N2O3S2/c21-17-10-23-14-4-2-1-3-13(14)20(17)7-6-19-18(22)16-9-12-11-24-8-5-15(12)25-16/h1-4,9H,5-8,10-11H2,(H,19,22). The van der Waals surface area contributed by atoms with Gasteiger partial charge in [0.2, 0.25) is 0 Å². The molecule has 0 radical (unpaired) electrons. The molecule has 5 nitrogen and oxygen atoms in total. The molecular formula is C18H18N2O3S2. The van der Waals surface area contributed by atoms with Crippen molar-refractivity contribution in [3.63, 3.8) is 0 Å². The highest BCUT2D eigenvalue weighted by Gasteiger charge is 2.25. The van der Waals surface area contributed by atoms with Gasteiger partial charge in [-0.25, -0.2) is 0 Å². The van der Waals surface area contributed by atoms with E-state index in [1.807, 2.05) is 42.1 Å². The summed E-state index contributed by atoms with van der Waals surface area (Å²) in [6.45, 7) is 0.891. The highest BCUT2D eigenvalue weighted by atomic mass is 32.2. The van der Waals surface area contributed by atoms with Gasteiger partial charge in [-0.2, -0.15) is 11.8 Å². The first-order valence-electron chi connectivity index (χ1n) is 8.22. The van der Waals surface area contributed by atoms with Crippen LogP contribution in [0.3, 0.4) is 0 Å². The number of benzene rings is 1. The van der Waals surface area contributed by atoms with Crippen LogP contribution >= 0.6 is 23.1 Å². The number of amides is 2. The van der Waals surface area contributed by atoms with Gasteiger partial charge in [0.1, 0.15) is 5.75 Å². The Labute approximate surface area is 154 Å². The molecule has 3 heterocycles. The summed E-state index contributed by atoms with van der Waals surface area (Å²) in [4.78, 5) is 28.3. The molecule has 0 saturated carbocycles. The molecule has 2 aliphatic heterocycles. The van der Waals surface area contributed by atoms with Gasteiger partial charge >= 0.3 is 0 Å². The maximum Gasteiger partial charge on any atom is 0.265 e. The highest BCUT2D eigenvalue weighted by molar-refractivity contribution is 7.98. The molecule has 0 bridgehead atoms. The van der Waals surface area contributed by atoms with Crippen LogP contribution in [0.15, 0.2) is 30.3 Å². The van der Waals surface area contributed by atoms with Crippen LogP contribution in [0.1, 0.15) is 20.1 Å². The number of carbonyl (C=O) groups excluding carboxylic acids is 2. The average molecular weight is 374 g/mol. The highest BCUT2D eigenvalue weighted by Crippen LogP contribution is 2.32. The first-order chi connectivity index (χ1) is 12.2. The van der Waals surface area contributed by atoms with E-state index in [1.54, 1.807) is 16.2 Å². The summed E-state index contributed by atoms with van der Waals surface area (Å²) in [7, 11) is 0. The van der Waals surface area contributed by atoms with Crippen molar-refractivity contribution in [1.82, 2.24) is 5.32 Å². The molecule has 2 amide bonds. The second-order valence-electron chi connectivity index (χ2n) is 5.92. The van der Waals surface area contributed by atoms with Gasteiger partial charge in [0.25, 0.3) is 11.8 Å². The molecule has 4 rings (SSSR count). The van der Waals surface area contributed by atoms with Crippen LogP contribution in [0, 0.1) is 0 Å². The van der Waals surface area contributed by atoms with E-state index < -0.39 is 0 Å². The minimum atomic E-state index is -0.0865. The van der Waals surface area contributed by atoms with E-state index in [0.29, 0.717) is 18.8 Å². The lowest BCUT2D eigenvalue weighted by atomic mass is 10.2. The summed E-state index contributed by atoms with van der Waals surface area (Å²) in [5.74, 6) is 2.69. The fraction of sp³-hybridized carbons (Fsp3) is 0.333. The Kier molecular flexibility index (Phi) is 4.67. The van der Waals surface area contributed by atoms with Crippen molar-refractivity contribution in [2.45, 2.75) is 12.2 Å². The number of thioether (sulfide) groups is 1. The molecule has 0 saturated heterocycles. The third kappa shape index (κ3) is 3.39. The second kappa shape index (κ2) is 7.09. The number of para-hydroxylation sites is 2. The number of carbonyl (C=O) groups is 2. The summed E-state index contributed by atoms with van der Waals surface area (Å²) < 4.78 is 5.43. The van der Waals surface area contributed by atoms with Gasteiger partial charge in [-0.15, -0.1) is 11.3 Å². The molecule has 7 heteroatoms. The van der Waals surface area contributed by atoms with Crippen LogP contribution in [0.5, 0.6) is 5.75 Å². The minimum absolute atomic E-state index is 0.0419. The average Bonchev–Trinajstić information content (AvgIpc) is 3.08. The quantitative estimate of drug-likeness (QED) is 0.894. The zero-order chi connectivity index (χ0) is 17.2. The maximum absolute atomic E-state index is 12.4. The van der Waals surface area contributed by atoms with E-state index in [2.05, 4.69) is 5.32 Å². The monoisotopic (exact) mass is 374 g/mol. The molecule has 0 spiro atoms. The van der Waals surface area contributed by atoms with Crippen LogP contribution in [0.4, 0.5) is 5.69 Å². The number of ether oxygens (including phenoxy) is 1. The van der Waals surface area contributed by atoms with Gasteiger partial charge in [0, 0.05) is 23.7 Å². The number of hydrogen-bond acceptors (Lipinski definition) is 5. The molecule has 1 N–H and O–H groups in total. The van der Waals surface area contributed by atoms with Crippen LogP contribution in [-0.4, -0.2) is 37.3 Å². The lowest BCUT2D eigenvalue weighted by Crippen LogP contribution is -2.43. The van der Waals surface area contributed by atoms with E-state index in [4.69, 9.17) is 4.74 Å². The number of rotatable bonds is 4. The van der Waals surface area contributed by atoms with Crippen molar-refractivity contribution < 1.29 is 14.3 Å². The van der Waals surface area contributed by atoms with Gasteiger partial charge in [-0.3, -0.25) is 9.59 Å². The van der Waals surface area contributed by atoms with E-state index in [9.17, 15) is 9.59 Å². The fourth-order valence-corrected chi connectivity index (χ4v) is 5.32. The van der Waals surface area contributed by atoms with Gasteiger partial charge < -0.3 is 15.0 Å². The summed E-state index contributed by atoms with van der Waals surface area (Å²) in [5.41, 5.74) is 2.06. The lowest BCUT2D eigenvalue weighted by Gasteiger charge is -2.29. The molecular weight excluding hydrogens is 356 g/mol. The Bertz CT molecular complexity index is 795. The van der Waals surface area contributed by atoms with Crippen molar-refractivity contribution >= 4 is 40.6 Å². The number of nitrogens with one attached hydrogen (secondary N) is 1. The van der Waals surface area contributed by atoms with Crippen LogP contribution in [-0.2, 0) is 17.0 Å². The van der Waals surface area contributed by atoms with E-state index in [-0.39, 0.29) is 18.4 Å². The van der Waals surface area contributed by atoms with Crippen molar-refractivity contribution in [3.05, 3.63) is 45.6 Å². The van der Waals surface area contributed by atoms with Gasteiger partial charge in [0.15, 0.2) is 6.61 Å². The van der Waals surface area contributed by atoms with E-state index >= 15 is 0 Å². The zero-order valence-corrected chi connectivity index (χ0v) is 15.3. The number of aryl methyl sites for hydroxylation is 1. The number of hydrogen-bond donors (Lipinski definition) is 1. The Hall–Kier alpha value is -1.99. The lowest BCUT2D eigenvalue weighted by molar-refractivity contribution is -0.121. The molecule has 2 aliphatic rings. The van der Waals surface area contributed by atoms with Crippen molar-refractivity contribution in [3.8, 4) is 5.75 Å². The maximum atomic E-state index is 12.4. The van der Waals surface area contributed by atoms with Crippen molar-refractivity contribution in [2.24, 2.45) is 0 Å². The first kappa shape index (κ1) is 16.5. The normalized spacial score (nSPS) is 16.0. The molecule has 0 atom stereocenters. The molecule has 130 valence electrons. The molecule has 0 fully saturated rings. The predicted octanol–water partition coefficient (Wildman–Crippen LogP) is 2.69. The molecule has 25 heavy (non-hydrogen) atoms. The third-order valence-corrected chi connectivity index (χ3v) is 6.52. The SMILES string of the molecule is O=C(NCCN1C(=O)COc2ccccc21)c1cc2c(s1)CCSC2. The number of thiophene rings is 1. The Morgan fingerprint density at radius 3 is 3.08 bits per heavy atom. The summed E-state index contributed by atoms with van der Waals surface area (Å²) in [6, 6.07) is 9.48. The Morgan fingerprint density at radius 2 is 2.20 bits per heavy atom. The first-order valence-corrected chi connectivity index (χ1v) is 10.2. The zero-order valence-electron chi connectivity index (χ0n) is 13.6. The molecule has 1 aromatic carbocycles. The largest absolute Gasteiger partial charge is 0.482 e. The van der Waals surface area contributed by atoms with Crippen LogP contribution < -0.4 is 15.0 Å². The van der Waals surface area contributed by atoms with Gasteiger partial charge in [0.05, 0.1) is 10.6 Å². The van der Waals surface area contributed by atoms with Crippen LogP contribution in [0.2, 0.25) is 0 Å². The predicted molar refractivity (Wildman–Crippen MR) is 101 cm³/mol. The van der Waals surface area contributed by atoms with E-state index in [1.165, 1.54) is 10.4 Å². The Balaban J connectivity index is 1.38. The summed E-state index contributed by atoms with van der Waals surface area (Å²) in [5, 5.41) is 2.94. The summed E-state index contributed by atoms with van der Waals surface area (Å²) in [6.07, 6.45) is 1.05. The smallest absolute Gasteiger partial charge is 0.265 e. The molecule has 2 aromatic rings. The van der Waals surface area contributed by atoms with Gasteiger partial charge in [-0.05, 0) is 35.9 Å². The minimum Gasteiger partial charge on any atom is -0.482 e. The summed E-state index contributed by atoms with van der Waals surface area (Å²) >= 11 is 3.50.